The van der Waals surface area contributed by atoms with Crippen LogP contribution in [0.5, 0.6) is 0 Å². The molecule has 23 heavy (non-hydrogen) atoms. The van der Waals surface area contributed by atoms with Gasteiger partial charge in [0.2, 0.25) is 0 Å². The molecule has 3 heteroatoms. The standard InChI is InChI=1S/C20H32O3/c1-6-17(4)11-14(21)18(5)12(2)7-9-19(13(3)16(17)22)10-8-15-20(18,19)23-15/h6,12-16,21-22H,1,7-11H2,2-5H3/t12?,13-,14+,15+,16-,17+,18+,19?,20-/m0/s1. The summed E-state index contributed by atoms with van der Waals surface area (Å²) in [6.07, 6.45) is 6.21. The lowest BCUT2D eigenvalue weighted by Crippen LogP contribution is -2.66. The van der Waals surface area contributed by atoms with E-state index in [2.05, 4.69) is 34.3 Å². The van der Waals surface area contributed by atoms with E-state index in [1.165, 1.54) is 0 Å². The van der Waals surface area contributed by atoms with Crippen LogP contribution in [0.2, 0.25) is 0 Å². The number of aliphatic hydroxyl groups excluding tert-OH is 2. The highest BCUT2D eigenvalue weighted by Crippen LogP contribution is 2.78. The average molecular weight is 320 g/mol. The van der Waals surface area contributed by atoms with Crippen molar-refractivity contribution in [2.24, 2.45) is 28.1 Å². The molecule has 0 amide bonds. The fourth-order valence-electron chi connectivity index (χ4n) is 7.12. The maximum Gasteiger partial charge on any atom is 0.109 e. The first-order valence-corrected chi connectivity index (χ1v) is 9.37. The average Bonchev–Trinajstić information content (AvgIpc) is 3.18. The number of hydrogen-bond donors (Lipinski definition) is 2. The molecular formula is C20H32O3. The fraction of sp³-hybridized carbons (Fsp3) is 0.900. The van der Waals surface area contributed by atoms with E-state index in [-0.39, 0.29) is 28.5 Å². The van der Waals surface area contributed by atoms with Gasteiger partial charge in [0.25, 0.3) is 0 Å². The molecule has 3 nitrogen and oxygen atoms in total. The highest BCUT2D eigenvalue weighted by Gasteiger charge is 2.84. The topological polar surface area (TPSA) is 53.0 Å². The van der Waals surface area contributed by atoms with Gasteiger partial charge in [0.15, 0.2) is 0 Å². The van der Waals surface area contributed by atoms with E-state index >= 15 is 0 Å². The Balaban J connectivity index is 1.92. The molecule has 0 radical (unpaired) electrons. The van der Waals surface area contributed by atoms with Crippen molar-refractivity contribution in [1.82, 2.24) is 0 Å². The van der Waals surface area contributed by atoms with E-state index < -0.39 is 17.6 Å². The van der Waals surface area contributed by atoms with Crippen molar-refractivity contribution < 1.29 is 14.9 Å². The molecule has 130 valence electrons. The zero-order chi connectivity index (χ0) is 16.8. The Morgan fingerprint density at radius 2 is 1.78 bits per heavy atom. The van der Waals surface area contributed by atoms with Gasteiger partial charge in [-0.3, -0.25) is 0 Å². The van der Waals surface area contributed by atoms with E-state index in [1.54, 1.807) is 0 Å². The first-order valence-electron chi connectivity index (χ1n) is 9.37. The van der Waals surface area contributed by atoms with E-state index in [0.29, 0.717) is 12.3 Å². The third-order valence-electron chi connectivity index (χ3n) is 8.98. The Bertz CT molecular complexity index is 547. The van der Waals surface area contributed by atoms with Gasteiger partial charge in [-0.2, -0.15) is 0 Å². The molecule has 9 atom stereocenters. The molecule has 3 saturated carbocycles. The van der Waals surface area contributed by atoms with Crippen LogP contribution in [0, 0.1) is 28.1 Å². The number of ether oxygens (including phenoxy) is 1. The van der Waals surface area contributed by atoms with Gasteiger partial charge >= 0.3 is 0 Å². The third kappa shape index (κ3) is 1.49. The Kier molecular flexibility index (Phi) is 3.09. The van der Waals surface area contributed by atoms with Gasteiger partial charge in [0, 0.05) is 16.2 Å². The quantitative estimate of drug-likeness (QED) is 0.576. The second kappa shape index (κ2) is 4.42. The van der Waals surface area contributed by atoms with Crippen LogP contribution in [-0.2, 0) is 4.74 Å². The van der Waals surface area contributed by atoms with Crippen molar-refractivity contribution in [3.63, 3.8) is 0 Å². The molecule has 0 aromatic heterocycles. The summed E-state index contributed by atoms with van der Waals surface area (Å²) in [6.45, 7) is 12.8. The van der Waals surface area contributed by atoms with Crippen LogP contribution >= 0.6 is 0 Å². The van der Waals surface area contributed by atoms with Gasteiger partial charge in [-0.25, -0.2) is 0 Å². The second-order valence-corrected chi connectivity index (χ2v) is 9.42. The number of aliphatic hydroxyl groups is 2. The molecule has 0 aromatic rings. The lowest BCUT2D eigenvalue weighted by Gasteiger charge is -2.62. The SMILES string of the molecule is C=C[C@]1(C)C[C@@H](O)[C@@]2(C)C(C)CCC3(CC[C@H]4O[C@]432)[C@@H](C)[C@@H]1O. The van der Waals surface area contributed by atoms with E-state index in [9.17, 15) is 10.2 Å². The lowest BCUT2D eigenvalue weighted by molar-refractivity contribution is -0.208. The first-order chi connectivity index (χ1) is 10.7. The van der Waals surface area contributed by atoms with Crippen molar-refractivity contribution in [1.29, 1.82) is 0 Å². The summed E-state index contributed by atoms with van der Waals surface area (Å²) in [5.41, 5.74) is -0.895. The van der Waals surface area contributed by atoms with Crippen LogP contribution in [0.3, 0.4) is 0 Å². The predicted octanol–water partition coefficient (Wildman–Crippen LogP) is 3.29. The summed E-state index contributed by atoms with van der Waals surface area (Å²) < 4.78 is 6.41. The Morgan fingerprint density at radius 1 is 1.13 bits per heavy atom. The van der Waals surface area contributed by atoms with Crippen LogP contribution < -0.4 is 0 Å². The monoisotopic (exact) mass is 320 g/mol. The molecular weight excluding hydrogens is 288 g/mol. The highest BCUT2D eigenvalue weighted by molar-refractivity contribution is 5.32. The molecule has 4 fully saturated rings. The van der Waals surface area contributed by atoms with Crippen LogP contribution in [-0.4, -0.2) is 34.1 Å². The fourth-order valence-corrected chi connectivity index (χ4v) is 7.12. The zero-order valence-electron chi connectivity index (χ0n) is 15.0. The maximum atomic E-state index is 11.3. The van der Waals surface area contributed by atoms with Crippen LogP contribution in [0.1, 0.15) is 59.8 Å². The van der Waals surface area contributed by atoms with Crippen molar-refractivity contribution in [2.75, 3.05) is 0 Å². The molecule has 2 bridgehead atoms. The normalized spacial score (nSPS) is 64.3. The van der Waals surface area contributed by atoms with Gasteiger partial charge in [-0.15, -0.1) is 6.58 Å². The Labute approximate surface area is 140 Å². The first kappa shape index (κ1) is 16.1. The summed E-state index contributed by atoms with van der Waals surface area (Å²) in [5.74, 6) is 0.600. The Hall–Kier alpha value is -0.380. The lowest BCUT2D eigenvalue weighted by atomic mass is 9.43. The summed E-state index contributed by atoms with van der Waals surface area (Å²) in [6, 6.07) is 0. The predicted molar refractivity (Wildman–Crippen MR) is 89.9 cm³/mol. The van der Waals surface area contributed by atoms with Crippen molar-refractivity contribution >= 4 is 0 Å². The third-order valence-corrected chi connectivity index (χ3v) is 8.98. The minimum Gasteiger partial charge on any atom is -0.392 e. The molecule has 1 heterocycles. The summed E-state index contributed by atoms with van der Waals surface area (Å²) >= 11 is 0. The van der Waals surface area contributed by atoms with Gasteiger partial charge in [0.05, 0.1) is 18.3 Å². The van der Waals surface area contributed by atoms with Crippen molar-refractivity contribution in [2.45, 2.75) is 83.7 Å². The minimum atomic E-state index is -0.479. The van der Waals surface area contributed by atoms with Crippen LogP contribution in [0.4, 0.5) is 0 Å². The molecule has 2 N–H and O–H groups in total. The molecule has 1 aliphatic heterocycles. The zero-order valence-corrected chi connectivity index (χ0v) is 15.0. The summed E-state index contributed by atoms with van der Waals surface area (Å²) in [7, 11) is 0. The van der Waals surface area contributed by atoms with Gasteiger partial charge in [0.1, 0.15) is 5.60 Å². The van der Waals surface area contributed by atoms with Crippen LogP contribution in [0.15, 0.2) is 12.7 Å². The van der Waals surface area contributed by atoms with Crippen molar-refractivity contribution in [3.05, 3.63) is 12.7 Å². The molecule has 2 unspecified atom stereocenters. The smallest absolute Gasteiger partial charge is 0.109 e. The number of hydrogen-bond acceptors (Lipinski definition) is 3. The highest BCUT2D eigenvalue weighted by atomic mass is 16.6. The molecule has 3 aliphatic carbocycles. The Morgan fingerprint density at radius 3 is 2.39 bits per heavy atom. The van der Waals surface area contributed by atoms with Gasteiger partial charge < -0.3 is 14.9 Å². The number of rotatable bonds is 1. The molecule has 4 aliphatic rings. The van der Waals surface area contributed by atoms with E-state index in [0.717, 1.165) is 25.7 Å². The second-order valence-electron chi connectivity index (χ2n) is 9.42. The van der Waals surface area contributed by atoms with E-state index in [1.807, 2.05) is 6.08 Å². The molecule has 1 saturated heterocycles. The summed E-state index contributed by atoms with van der Waals surface area (Å²) in [5, 5.41) is 22.5. The minimum absolute atomic E-state index is 0.00398. The van der Waals surface area contributed by atoms with Gasteiger partial charge in [-0.05, 0) is 43.9 Å². The molecule has 4 rings (SSSR count). The van der Waals surface area contributed by atoms with Crippen molar-refractivity contribution in [3.8, 4) is 0 Å². The van der Waals surface area contributed by atoms with Crippen LogP contribution in [0.25, 0.3) is 0 Å². The van der Waals surface area contributed by atoms with Gasteiger partial charge in [-0.1, -0.05) is 33.8 Å². The largest absolute Gasteiger partial charge is 0.392 e. The molecule has 0 aromatic carbocycles. The maximum absolute atomic E-state index is 11.3. The van der Waals surface area contributed by atoms with E-state index in [4.69, 9.17) is 4.74 Å². The number of epoxide rings is 1. The molecule has 1 spiro atoms. The summed E-state index contributed by atoms with van der Waals surface area (Å²) in [4.78, 5) is 0.